The molecule has 10 nitrogen and oxygen atoms in total. The second kappa shape index (κ2) is 14.0. The summed E-state index contributed by atoms with van der Waals surface area (Å²) in [6.07, 6.45) is -0.789. The maximum Gasteiger partial charge on any atom is 0.428 e. The number of benzene rings is 1. The van der Waals surface area contributed by atoms with Crippen LogP contribution in [0.2, 0.25) is 0 Å². The van der Waals surface area contributed by atoms with Gasteiger partial charge in [-0.15, -0.1) is 0 Å². The fourth-order valence-corrected chi connectivity index (χ4v) is 4.72. The van der Waals surface area contributed by atoms with Gasteiger partial charge in [-0.25, -0.2) is 10.2 Å². The van der Waals surface area contributed by atoms with Crippen LogP contribution in [0, 0.1) is 5.92 Å². The number of hydrogen-bond donors (Lipinski definition) is 2. The SMILES string of the molecule is CCOP(=O)(OCC)C(N[C@@H](C(=O)OC)C(C)C)/C(C)=N/NC(=O)OCc1ccccc1. The molecule has 0 aliphatic carbocycles. The molecule has 1 rings (SSSR count). The van der Waals surface area contributed by atoms with Crippen LogP contribution in [-0.2, 0) is 34.5 Å². The highest BCUT2D eigenvalue weighted by molar-refractivity contribution is 7.55. The van der Waals surface area contributed by atoms with Gasteiger partial charge in [0, 0.05) is 0 Å². The van der Waals surface area contributed by atoms with Gasteiger partial charge in [-0.05, 0) is 32.3 Å². The first kappa shape index (κ1) is 27.8. The van der Waals surface area contributed by atoms with Gasteiger partial charge in [0.15, 0.2) is 5.78 Å². The number of rotatable bonds is 13. The smallest absolute Gasteiger partial charge is 0.428 e. The normalized spacial score (nSPS) is 14.0. The molecule has 0 saturated heterocycles. The van der Waals surface area contributed by atoms with Crippen molar-refractivity contribution >= 4 is 25.4 Å². The Morgan fingerprint density at radius 1 is 1.09 bits per heavy atom. The van der Waals surface area contributed by atoms with Gasteiger partial charge in [0.05, 0.1) is 26.0 Å². The summed E-state index contributed by atoms with van der Waals surface area (Å²) in [5.41, 5.74) is 3.27. The number of nitrogens with one attached hydrogen (secondary N) is 2. The van der Waals surface area contributed by atoms with Crippen molar-refractivity contribution < 1.29 is 32.7 Å². The van der Waals surface area contributed by atoms with E-state index in [0.29, 0.717) is 0 Å². The molecular weight excluding hydrogens is 437 g/mol. The van der Waals surface area contributed by atoms with Gasteiger partial charge >= 0.3 is 19.7 Å². The lowest BCUT2D eigenvalue weighted by atomic mass is 10.0. The predicted molar refractivity (Wildman–Crippen MR) is 121 cm³/mol. The number of nitrogens with zero attached hydrogens (tertiary/aromatic N) is 1. The topological polar surface area (TPSA) is 125 Å². The van der Waals surface area contributed by atoms with E-state index in [9.17, 15) is 14.2 Å². The fraction of sp³-hybridized carbons (Fsp3) is 0.571. The number of ether oxygens (including phenoxy) is 2. The van der Waals surface area contributed by atoms with Crippen LogP contribution in [0.15, 0.2) is 35.4 Å². The number of hydrogen-bond acceptors (Lipinski definition) is 9. The van der Waals surface area contributed by atoms with Crippen molar-refractivity contribution in [1.29, 1.82) is 0 Å². The molecular formula is C21H34N3O7P. The molecule has 32 heavy (non-hydrogen) atoms. The first-order chi connectivity index (χ1) is 15.2. The van der Waals surface area contributed by atoms with Gasteiger partial charge in [0.2, 0.25) is 0 Å². The summed E-state index contributed by atoms with van der Waals surface area (Å²) in [7, 11) is -2.53. The van der Waals surface area contributed by atoms with Crippen LogP contribution in [0.25, 0.3) is 0 Å². The summed E-state index contributed by atoms with van der Waals surface area (Å²) in [5.74, 6) is -1.84. The summed E-state index contributed by atoms with van der Waals surface area (Å²) in [6, 6.07) is 8.36. The molecule has 0 bridgehead atoms. The average Bonchev–Trinajstić information content (AvgIpc) is 2.76. The van der Waals surface area contributed by atoms with Crippen LogP contribution in [0.1, 0.15) is 40.2 Å². The molecule has 0 aromatic heterocycles. The van der Waals surface area contributed by atoms with Crippen LogP contribution in [0.3, 0.4) is 0 Å². The van der Waals surface area contributed by atoms with Gasteiger partial charge < -0.3 is 18.5 Å². The standard InChI is InChI=1S/C21H34N3O7P/c1-7-30-32(27,31-8-2)19(22-18(15(3)4)20(25)28-6)16(5)23-24-21(26)29-14-17-12-10-9-11-13-17/h9-13,15,18-19,22H,7-8,14H2,1-6H3,(H,24,26)/b23-16+/t18-,19?/m1/s1. The zero-order chi connectivity index (χ0) is 24.1. The second-order valence-corrected chi connectivity index (χ2v) is 9.23. The van der Waals surface area contributed by atoms with E-state index in [1.54, 1.807) is 13.8 Å². The molecule has 11 heteroatoms. The number of amides is 1. The Balaban J connectivity index is 3.06. The molecule has 2 atom stereocenters. The average molecular weight is 471 g/mol. The summed E-state index contributed by atoms with van der Waals surface area (Å²) < 4.78 is 34.4. The lowest BCUT2D eigenvalue weighted by Crippen LogP contribution is -2.50. The van der Waals surface area contributed by atoms with Gasteiger partial charge in [-0.1, -0.05) is 44.2 Å². The van der Waals surface area contributed by atoms with Crippen molar-refractivity contribution in [3.8, 4) is 0 Å². The molecule has 0 fully saturated rings. The molecule has 0 spiro atoms. The molecule has 180 valence electrons. The van der Waals surface area contributed by atoms with E-state index in [-0.39, 0.29) is 31.5 Å². The zero-order valence-electron chi connectivity index (χ0n) is 19.5. The molecule has 0 radical (unpaired) electrons. The van der Waals surface area contributed by atoms with Crippen molar-refractivity contribution in [2.24, 2.45) is 11.0 Å². The van der Waals surface area contributed by atoms with E-state index in [2.05, 4.69) is 15.8 Å². The third-order valence-electron chi connectivity index (χ3n) is 4.33. The van der Waals surface area contributed by atoms with Crippen molar-refractivity contribution in [2.45, 2.75) is 53.1 Å². The fourth-order valence-electron chi connectivity index (χ4n) is 2.77. The number of esters is 1. The Bertz CT molecular complexity index is 792. The summed E-state index contributed by atoms with van der Waals surface area (Å²) in [4.78, 5) is 24.3. The number of carbonyl (C=O) groups excluding carboxylic acids is 2. The first-order valence-electron chi connectivity index (χ1n) is 10.4. The molecule has 1 aromatic rings. The Hall–Kier alpha value is -2.26. The van der Waals surface area contributed by atoms with Gasteiger partial charge in [-0.3, -0.25) is 14.7 Å². The minimum Gasteiger partial charge on any atom is -0.468 e. The molecule has 0 heterocycles. The summed E-state index contributed by atoms with van der Waals surface area (Å²) >= 11 is 0. The quantitative estimate of drug-likeness (QED) is 0.193. The Labute approximate surface area is 189 Å². The molecule has 1 aromatic carbocycles. The van der Waals surface area contributed by atoms with Crippen molar-refractivity contribution in [3.63, 3.8) is 0 Å². The zero-order valence-corrected chi connectivity index (χ0v) is 20.4. The Morgan fingerprint density at radius 3 is 2.19 bits per heavy atom. The maximum atomic E-state index is 13.5. The van der Waals surface area contributed by atoms with E-state index in [0.717, 1.165) is 5.56 Å². The molecule has 0 aliphatic heterocycles. The lowest BCUT2D eigenvalue weighted by Gasteiger charge is -2.31. The number of methoxy groups -OCH3 is 1. The monoisotopic (exact) mass is 471 g/mol. The minimum absolute atomic E-state index is 0.0665. The van der Waals surface area contributed by atoms with Crippen LogP contribution in [0.4, 0.5) is 4.79 Å². The van der Waals surface area contributed by atoms with Gasteiger partial charge in [0.25, 0.3) is 0 Å². The first-order valence-corrected chi connectivity index (χ1v) is 12.0. The van der Waals surface area contributed by atoms with E-state index < -0.39 is 31.5 Å². The van der Waals surface area contributed by atoms with Crippen LogP contribution in [-0.4, -0.2) is 49.9 Å². The van der Waals surface area contributed by atoms with E-state index in [4.69, 9.17) is 18.5 Å². The largest absolute Gasteiger partial charge is 0.468 e. The number of hydrazone groups is 1. The lowest BCUT2D eigenvalue weighted by molar-refractivity contribution is -0.144. The molecule has 0 aliphatic rings. The molecule has 2 N–H and O–H groups in total. The third-order valence-corrected chi connectivity index (χ3v) is 6.72. The van der Waals surface area contributed by atoms with E-state index in [1.165, 1.54) is 14.0 Å². The van der Waals surface area contributed by atoms with E-state index >= 15 is 0 Å². The highest BCUT2D eigenvalue weighted by atomic mass is 31.2. The van der Waals surface area contributed by atoms with Crippen molar-refractivity contribution in [3.05, 3.63) is 35.9 Å². The number of carbonyl (C=O) groups is 2. The summed E-state index contributed by atoms with van der Waals surface area (Å²) in [6.45, 7) is 8.79. The Kier molecular flexibility index (Phi) is 12.2. The Morgan fingerprint density at radius 2 is 1.69 bits per heavy atom. The summed E-state index contributed by atoms with van der Waals surface area (Å²) in [5, 5.41) is 7.00. The molecule has 1 unspecified atom stereocenters. The predicted octanol–water partition coefficient (Wildman–Crippen LogP) is 3.67. The highest BCUT2D eigenvalue weighted by Gasteiger charge is 2.41. The van der Waals surface area contributed by atoms with Crippen LogP contribution >= 0.6 is 7.60 Å². The van der Waals surface area contributed by atoms with Gasteiger partial charge in [-0.2, -0.15) is 5.10 Å². The third kappa shape index (κ3) is 8.70. The highest BCUT2D eigenvalue weighted by Crippen LogP contribution is 2.52. The van der Waals surface area contributed by atoms with Crippen LogP contribution in [0.5, 0.6) is 0 Å². The molecule has 1 amide bonds. The second-order valence-electron chi connectivity index (χ2n) is 7.12. The van der Waals surface area contributed by atoms with Crippen molar-refractivity contribution in [1.82, 2.24) is 10.7 Å². The van der Waals surface area contributed by atoms with Crippen molar-refractivity contribution in [2.75, 3.05) is 20.3 Å². The maximum absolute atomic E-state index is 13.5. The van der Waals surface area contributed by atoms with Gasteiger partial charge in [0.1, 0.15) is 12.6 Å². The van der Waals surface area contributed by atoms with E-state index in [1.807, 2.05) is 44.2 Å². The van der Waals surface area contributed by atoms with Crippen LogP contribution < -0.4 is 10.7 Å². The molecule has 0 saturated carbocycles. The minimum atomic E-state index is -3.79.